The van der Waals surface area contributed by atoms with Gasteiger partial charge in [0.05, 0.1) is 0 Å². The Balaban J connectivity index is 2.83. The number of nitrogens with zero attached hydrogens (tertiary/aromatic N) is 1. The summed E-state index contributed by atoms with van der Waals surface area (Å²) < 4.78 is 0. The largest absolute Gasteiger partial charge is 0.264 e. The van der Waals surface area contributed by atoms with Crippen LogP contribution < -0.4 is 0 Å². The standard InChI is InChI=1S/C9H7NS/c11-9-2-1-8-6-10-4-3-7(8)5-9/h1-6,11H. The van der Waals surface area contributed by atoms with E-state index >= 15 is 0 Å². The van der Waals surface area contributed by atoms with Crippen molar-refractivity contribution >= 4 is 23.4 Å². The molecule has 11 heavy (non-hydrogen) atoms. The van der Waals surface area contributed by atoms with E-state index < -0.39 is 0 Å². The SMILES string of the molecule is Sc1ccc2cnccc2c1. The maximum absolute atomic E-state index is 4.24. The molecule has 0 N–H and O–H groups in total. The predicted molar refractivity (Wildman–Crippen MR) is 49.0 cm³/mol. The van der Waals surface area contributed by atoms with Gasteiger partial charge in [-0.1, -0.05) is 6.07 Å². The number of hydrogen-bond donors (Lipinski definition) is 1. The average Bonchev–Trinajstić information content (AvgIpc) is 2.04. The highest BCUT2D eigenvalue weighted by molar-refractivity contribution is 7.80. The summed E-state index contributed by atoms with van der Waals surface area (Å²) in [4.78, 5) is 5.01. The molecule has 1 nitrogen and oxygen atoms in total. The summed E-state index contributed by atoms with van der Waals surface area (Å²) in [6, 6.07) is 7.99. The van der Waals surface area contributed by atoms with E-state index in [1.54, 1.807) is 6.20 Å². The molecule has 1 aromatic carbocycles. The lowest BCUT2D eigenvalue weighted by Crippen LogP contribution is -1.73. The number of benzene rings is 1. The van der Waals surface area contributed by atoms with E-state index in [9.17, 15) is 0 Å². The molecule has 0 saturated heterocycles. The van der Waals surface area contributed by atoms with Gasteiger partial charge in [-0.25, -0.2) is 0 Å². The number of hydrogen-bond acceptors (Lipinski definition) is 2. The first-order valence-corrected chi connectivity index (χ1v) is 3.84. The Bertz CT molecular complexity index is 384. The lowest BCUT2D eigenvalue weighted by atomic mass is 10.2. The van der Waals surface area contributed by atoms with Crippen molar-refractivity contribution in [3.63, 3.8) is 0 Å². The minimum absolute atomic E-state index is 0.990. The second kappa shape index (κ2) is 2.55. The van der Waals surface area contributed by atoms with E-state index in [0.29, 0.717) is 0 Å². The van der Waals surface area contributed by atoms with Crippen LogP contribution in [0.15, 0.2) is 41.6 Å². The summed E-state index contributed by atoms with van der Waals surface area (Å²) in [5.74, 6) is 0. The average molecular weight is 161 g/mol. The Morgan fingerprint density at radius 2 is 2.00 bits per heavy atom. The number of pyridine rings is 1. The quantitative estimate of drug-likeness (QED) is 0.586. The molecule has 0 fully saturated rings. The second-order valence-electron chi connectivity index (χ2n) is 2.41. The van der Waals surface area contributed by atoms with Crippen molar-refractivity contribution in [3.05, 3.63) is 36.7 Å². The topological polar surface area (TPSA) is 12.9 Å². The molecule has 2 rings (SSSR count). The second-order valence-corrected chi connectivity index (χ2v) is 2.92. The minimum Gasteiger partial charge on any atom is -0.264 e. The molecule has 0 aliphatic heterocycles. The Hall–Kier alpha value is -1.02. The van der Waals surface area contributed by atoms with Crippen LogP contribution in [0.2, 0.25) is 0 Å². The van der Waals surface area contributed by atoms with Crippen molar-refractivity contribution in [3.8, 4) is 0 Å². The fraction of sp³-hybridized carbons (Fsp3) is 0. The summed E-state index contributed by atoms with van der Waals surface area (Å²) in [6.07, 6.45) is 3.64. The van der Waals surface area contributed by atoms with Crippen LogP contribution in [0.1, 0.15) is 0 Å². The van der Waals surface area contributed by atoms with Crippen LogP contribution in [0, 0.1) is 0 Å². The third kappa shape index (κ3) is 1.21. The Kier molecular flexibility index (Phi) is 1.55. The Morgan fingerprint density at radius 3 is 2.91 bits per heavy atom. The molecule has 0 radical (unpaired) electrons. The molecule has 0 spiro atoms. The van der Waals surface area contributed by atoms with Crippen molar-refractivity contribution in [1.29, 1.82) is 0 Å². The van der Waals surface area contributed by atoms with Gasteiger partial charge in [0.15, 0.2) is 0 Å². The van der Waals surface area contributed by atoms with Crippen LogP contribution in [0.25, 0.3) is 10.8 Å². The van der Waals surface area contributed by atoms with E-state index in [1.165, 1.54) is 5.39 Å². The van der Waals surface area contributed by atoms with E-state index in [2.05, 4.69) is 17.6 Å². The van der Waals surface area contributed by atoms with Crippen molar-refractivity contribution in [1.82, 2.24) is 4.98 Å². The molecule has 2 heteroatoms. The van der Waals surface area contributed by atoms with Crippen molar-refractivity contribution in [2.75, 3.05) is 0 Å². The first kappa shape index (κ1) is 6.68. The normalized spacial score (nSPS) is 10.3. The number of rotatable bonds is 0. The Labute approximate surface area is 70.5 Å². The maximum atomic E-state index is 4.24. The summed E-state index contributed by atoms with van der Waals surface area (Å²) in [5.41, 5.74) is 0. The fourth-order valence-corrected chi connectivity index (χ4v) is 1.28. The van der Waals surface area contributed by atoms with Crippen LogP contribution in [0.5, 0.6) is 0 Å². The summed E-state index contributed by atoms with van der Waals surface area (Å²) >= 11 is 4.24. The zero-order valence-electron chi connectivity index (χ0n) is 5.86. The van der Waals surface area contributed by atoms with Gasteiger partial charge in [0.1, 0.15) is 0 Å². The van der Waals surface area contributed by atoms with Gasteiger partial charge in [-0.15, -0.1) is 12.6 Å². The van der Waals surface area contributed by atoms with Crippen molar-refractivity contribution in [2.24, 2.45) is 0 Å². The first-order valence-electron chi connectivity index (χ1n) is 3.39. The molecule has 2 aromatic rings. The van der Waals surface area contributed by atoms with E-state index in [0.717, 1.165) is 10.3 Å². The smallest absolute Gasteiger partial charge is 0.0346 e. The maximum Gasteiger partial charge on any atom is 0.0346 e. The molecular weight excluding hydrogens is 154 g/mol. The van der Waals surface area contributed by atoms with Crippen LogP contribution in [-0.2, 0) is 0 Å². The highest BCUT2D eigenvalue weighted by Gasteiger charge is 1.90. The van der Waals surface area contributed by atoms with Gasteiger partial charge < -0.3 is 0 Å². The summed E-state index contributed by atoms with van der Waals surface area (Å²) in [6.45, 7) is 0. The summed E-state index contributed by atoms with van der Waals surface area (Å²) in [7, 11) is 0. The molecule has 0 saturated carbocycles. The number of thiol groups is 1. The van der Waals surface area contributed by atoms with Crippen molar-refractivity contribution in [2.45, 2.75) is 4.90 Å². The minimum atomic E-state index is 0.990. The van der Waals surface area contributed by atoms with Gasteiger partial charge >= 0.3 is 0 Å². The molecular formula is C9H7NS. The molecule has 0 atom stereocenters. The number of fused-ring (bicyclic) bond motifs is 1. The molecule has 0 aliphatic carbocycles. The van der Waals surface area contributed by atoms with Gasteiger partial charge in [0.2, 0.25) is 0 Å². The Morgan fingerprint density at radius 1 is 1.09 bits per heavy atom. The molecule has 54 valence electrons. The van der Waals surface area contributed by atoms with E-state index in [4.69, 9.17) is 0 Å². The zero-order valence-corrected chi connectivity index (χ0v) is 6.75. The molecule has 1 heterocycles. The van der Waals surface area contributed by atoms with E-state index in [-0.39, 0.29) is 0 Å². The molecule has 0 unspecified atom stereocenters. The van der Waals surface area contributed by atoms with Gasteiger partial charge in [0, 0.05) is 22.7 Å². The number of aromatic nitrogens is 1. The molecule has 0 amide bonds. The van der Waals surface area contributed by atoms with Gasteiger partial charge in [-0.2, -0.15) is 0 Å². The van der Waals surface area contributed by atoms with E-state index in [1.807, 2.05) is 30.5 Å². The van der Waals surface area contributed by atoms with Gasteiger partial charge in [-0.3, -0.25) is 4.98 Å². The highest BCUT2D eigenvalue weighted by Crippen LogP contribution is 2.16. The molecule has 0 aliphatic rings. The third-order valence-corrected chi connectivity index (χ3v) is 1.90. The lowest BCUT2D eigenvalue weighted by Gasteiger charge is -1.95. The van der Waals surface area contributed by atoms with Crippen LogP contribution in [0.4, 0.5) is 0 Å². The summed E-state index contributed by atoms with van der Waals surface area (Å²) in [5, 5.41) is 2.35. The highest BCUT2D eigenvalue weighted by atomic mass is 32.1. The molecule has 0 bridgehead atoms. The van der Waals surface area contributed by atoms with Gasteiger partial charge in [-0.05, 0) is 23.6 Å². The molecule has 1 aromatic heterocycles. The van der Waals surface area contributed by atoms with Crippen molar-refractivity contribution < 1.29 is 0 Å². The van der Waals surface area contributed by atoms with Crippen LogP contribution >= 0.6 is 12.6 Å². The lowest BCUT2D eigenvalue weighted by molar-refractivity contribution is 1.36. The third-order valence-electron chi connectivity index (χ3n) is 1.62. The van der Waals surface area contributed by atoms with Crippen LogP contribution in [-0.4, -0.2) is 4.98 Å². The monoisotopic (exact) mass is 161 g/mol. The van der Waals surface area contributed by atoms with Gasteiger partial charge in [0.25, 0.3) is 0 Å². The zero-order chi connectivity index (χ0) is 7.68. The fourth-order valence-electron chi connectivity index (χ4n) is 1.07. The predicted octanol–water partition coefficient (Wildman–Crippen LogP) is 2.52. The first-order chi connectivity index (χ1) is 5.36. The van der Waals surface area contributed by atoms with Crippen LogP contribution in [0.3, 0.4) is 0 Å².